The Morgan fingerprint density at radius 2 is 2.25 bits per heavy atom. The van der Waals surface area contributed by atoms with E-state index in [1.165, 1.54) is 22.2 Å². The van der Waals surface area contributed by atoms with Gasteiger partial charge in [0.2, 0.25) is 0 Å². The fourth-order valence-corrected chi connectivity index (χ4v) is 4.04. The van der Waals surface area contributed by atoms with Crippen molar-refractivity contribution in [2.75, 3.05) is 0 Å². The molecule has 1 aliphatic rings. The molecule has 0 aliphatic heterocycles. The smallest absolute Gasteiger partial charge is 0.0693 e. The molecule has 1 nitrogen and oxygen atoms in total. The van der Waals surface area contributed by atoms with E-state index in [4.69, 9.17) is 0 Å². The SMILES string of the molecule is CC1CCC(C#N)(Cc2sccc2Br)CC1. The van der Waals surface area contributed by atoms with Crippen molar-refractivity contribution in [2.24, 2.45) is 11.3 Å². The average Bonchev–Trinajstić information content (AvgIpc) is 2.68. The molecule has 1 heterocycles. The zero-order valence-corrected chi connectivity index (χ0v) is 11.9. The first-order chi connectivity index (χ1) is 7.65. The fourth-order valence-electron chi connectivity index (χ4n) is 2.40. The number of nitrogens with zero attached hydrogens (tertiary/aromatic N) is 1. The zero-order valence-electron chi connectivity index (χ0n) is 9.50. The second-order valence-corrected chi connectivity index (χ2v) is 6.80. The molecule has 1 aliphatic carbocycles. The topological polar surface area (TPSA) is 23.8 Å². The van der Waals surface area contributed by atoms with Crippen LogP contribution in [0.4, 0.5) is 0 Å². The molecule has 1 aromatic rings. The lowest BCUT2D eigenvalue weighted by Crippen LogP contribution is -2.27. The molecule has 0 N–H and O–H groups in total. The van der Waals surface area contributed by atoms with Crippen LogP contribution >= 0.6 is 27.3 Å². The van der Waals surface area contributed by atoms with Crippen LogP contribution in [0.2, 0.25) is 0 Å². The number of halogens is 1. The average molecular weight is 298 g/mol. The van der Waals surface area contributed by atoms with Crippen molar-refractivity contribution in [1.82, 2.24) is 0 Å². The first-order valence-corrected chi connectivity index (χ1v) is 7.46. The van der Waals surface area contributed by atoms with Crippen molar-refractivity contribution < 1.29 is 0 Å². The quantitative estimate of drug-likeness (QED) is 0.771. The zero-order chi connectivity index (χ0) is 11.6. The van der Waals surface area contributed by atoms with Gasteiger partial charge in [-0.25, -0.2) is 0 Å². The molecule has 1 saturated carbocycles. The summed E-state index contributed by atoms with van der Waals surface area (Å²) >= 11 is 5.32. The van der Waals surface area contributed by atoms with Crippen LogP contribution < -0.4 is 0 Å². The van der Waals surface area contributed by atoms with Crippen molar-refractivity contribution in [1.29, 1.82) is 5.26 Å². The van der Waals surface area contributed by atoms with E-state index in [0.717, 1.165) is 25.2 Å². The summed E-state index contributed by atoms with van der Waals surface area (Å²) in [7, 11) is 0. The van der Waals surface area contributed by atoms with E-state index in [0.29, 0.717) is 0 Å². The fraction of sp³-hybridized carbons (Fsp3) is 0.615. The third-order valence-electron chi connectivity index (χ3n) is 3.66. The summed E-state index contributed by atoms with van der Waals surface area (Å²) in [5.74, 6) is 0.799. The van der Waals surface area contributed by atoms with Gasteiger partial charge in [0.15, 0.2) is 0 Å². The van der Waals surface area contributed by atoms with Crippen LogP contribution in [0, 0.1) is 22.7 Å². The Bertz CT molecular complexity index is 396. The van der Waals surface area contributed by atoms with Gasteiger partial charge in [-0.15, -0.1) is 11.3 Å². The minimum Gasteiger partial charge on any atom is -0.198 e. The predicted octanol–water partition coefficient (Wildman–Crippen LogP) is 4.77. The van der Waals surface area contributed by atoms with Crippen molar-refractivity contribution in [3.05, 3.63) is 20.8 Å². The third kappa shape index (κ3) is 2.49. The molecule has 86 valence electrons. The molecule has 1 fully saturated rings. The van der Waals surface area contributed by atoms with Gasteiger partial charge >= 0.3 is 0 Å². The standard InChI is InChI=1S/C13H16BrNS/c1-10-2-5-13(9-15,6-3-10)8-12-11(14)4-7-16-12/h4,7,10H,2-3,5-6,8H2,1H3. The van der Waals surface area contributed by atoms with Crippen molar-refractivity contribution in [3.8, 4) is 6.07 Å². The maximum absolute atomic E-state index is 9.46. The van der Waals surface area contributed by atoms with Crippen LogP contribution in [-0.4, -0.2) is 0 Å². The summed E-state index contributed by atoms with van der Waals surface area (Å²) in [5, 5.41) is 11.6. The lowest BCUT2D eigenvalue weighted by molar-refractivity contribution is 0.220. The molecule has 0 amide bonds. The number of nitriles is 1. The van der Waals surface area contributed by atoms with E-state index in [1.54, 1.807) is 11.3 Å². The van der Waals surface area contributed by atoms with Gasteiger partial charge in [0.1, 0.15) is 0 Å². The molecule has 0 unspecified atom stereocenters. The summed E-state index contributed by atoms with van der Waals surface area (Å²) in [6.45, 7) is 2.29. The first kappa shape index (κ1) is 12.1. The molecule has 0 bridgehead atoms. The van der Waals surface area contributed by atoms with E-state index in [1.807, 2.05) is 0 Å². The largest absolute Gasteiger partial charge is 0.198 e. The van der Waals surface area contributed by atoms with Gasteiger partial charge in [0.25, 0.3) is 0 Å². The van der Waals surface area contributed by atoms with Crippen molar-refractivity contribution >= 4 is 27.3 Å². The number of thiophene rings is 1. The Balaban J connectivity index is 2.12. The Labute approximate surface area is 110 Å². The molecule has 0 saturated heterocycles. The van der Waals surface area contributed by atoms with E-state index in [9.17, 15) is 5.26 Å². The Morgan fingerprint density at radius 1 is 1.56 bits per heavy atom. The molecular weight excluding hydrogens is 282 g/mol. The van der Waals surface area contributed by atoms with E-state index in [-0.39, 0.29) is 5.41 Å². The monoisotopic (exact) mass is 297 g/mol. The van der Waals surface area contributed by atoms with E-state index >= 15 is 0 Å². The number of hydrogen-bond donors (Lipinski definition) is 0. The van der Waals surface area contributed by atoms with Crippen LogP contribution in [0.3, 0.4) is 0 Å². The van der Waals surface area contributed by atoms with E-state index in [2.05, 4.69) is 40.4 Å². The summed E-state index contributed by atoms with van der Waals surface area (Å²) in [6.07, 6.45) is 5.46. The summed E-state index contributed by atoms with van der Waals surface area (Å²) in [5.41, 5.74) is -0.0973. The highest BCUT2D eigenvalue weighted by Crippen LogP contribution is 2.42. The molecule has 0 atom stereocenters. The van der Waals surface area contributed by atoms with Gasteiger partial charge in [-0.2, -0.15) is 5.26 Å². The maximum atomic E-state index is 9.46. The predicted molar refractivity (Wildman–Crippen MR) is 71.4 cm³/mol. The number of rotatable bonds is 2. The normalized spacial score (nSPS) is 29.9. The molecule has 16 heavy (non-hydrogen) atoms. The molecule has 3 heteroatoms. The van der Waals surface area contributed by atoms with Gasteiger partial charge in [-0.3, -0.25) is 0 Å². The second-order valence-electron chi connectivity index (χ2n) is 4.94. The molecule has 0 aromatic carbocycles. The Morgan fingerprint density at radius 3 is 2.75 bits per heavy atom. The van der Waals surface area contributed by atoms with Crippen molar-refractivity contribution in [2.45, 2.75) is 39.0 Å². The maximum Gasteiger partial charge on any atom is 0.0693 e. The van der Waals surface area contributed by atoms with Crippen molar-refractivity contribution in [3.63, 3.8) is 0 Å². The highest BCUT2D eigenvalue weighted by atomic mass is 79.9. The third-order valence-corrected chi connectivity index (χ3v) is 5.58. The minimum absolute atomic E-state index is 0.0973. The molecular formula is C13H16BrNS. The Hall–Kier alpha value is -0.330. The van der Waals surface area contributed by atoms with Crippen LogP contribution in [0.5, 0.6) is 0 Å². The second kappa shape index (κ2) is 4.89. The number of hydrogen-bond acceptors (Lipinski definition) is 2. The lowest BCUT2D eigenvalue weighted by atomic mass is 9.70. The van der Waals surface area contributed by atoms with Crippen LogP contribution in [0.15, 0.2) is 15.9 Å². The highest BCUT2D eigenvalue weighted by molar-refractivity contribution is 9.10. The van der Waals surface area contributed by atoms with Gasteiger partial charge in [0, 0.05) is 15.8 Å². The first-order valence-electron chi connectivity index (χ1n) is 5.78. The molecule has 0 spiro atoms. The lowest BCUT2D eigenvalue weighted by Gasteiger charge is -2.33. The van der Waals surface area contributed by atoms with Gasteiger partial charge in [-0.05, 0) is 59.0 Å². The molecule has 1 aromatic heterocycles. The van der Waals surface area contributed by atoms with Gasteiger partial charge in [0.05, 0.1) is 11.5 Å². The molecule has 0 radical (unpaired) electrons. The van der Waals surface area contributed by atoms with Crippen LogP contribution in [0.25, 0.3) is 0 Å². The van der Waals surface area contributed by atoms with Crippen LogP contribution in [-0.2, 0) is 6.42 Å². The summed E-state index contributed by atoms with van der Waals surface area (Å²) in [6, 6.07) is 4.67. The van der Waals surface area contributed by atoms with E-state index < -0.39 is 0 Å². The van der Waals surface area contributed by atoms with Gasteiger partial charge < -0.3 is 0 Å². The van der Waals surface area contributed by atoms with Crippen LogP contribution in [0.1, 0.15) is 37.5 Å². The highest BCUT2D eigenvalue weighted by Gasteiger charge is 2.35. The summed E-state index contributed by atoms with van der Waals surface area (Å²) in [4.78, 5) is 1.33. The minimum atomic E-state index is -0.0973. The Kier molecular flexibility index (Phi) is 3.71. The van der Waals surface area contributed by atoms with Gasteiger partial charge in [-0.1, -0.05) is 6.92 Å². The summed E-state index contributed by atoms with van der Waals surface area (Å²) < 4.78 is 1.17. The molecule has 2 rings (SSSR count).